The van der Waals surface area contributed by atoms with Gasteiger partial charge in [0.05, 0.1) is 17.5 Å². The van der Waals surface area contributed by atoms with Crippen LogP contribution in [0, 0.1) is 0 Å². The van der Waals surface area contributed by atoms with Crippen LogP contribution < -0.4 is 0 Å². The number of piperidine rings is 1. The van der Waals surface area contributed by atoms with E-state index in [1.54, 1.807) is 18.8 Å². The zero-order valence-electron chi connectivity index (χ0n) is 17.6. The summed E-state index contributed by atoms with van der Waals surface area (Å²) >= 11 is 1.61. The van der Waals surface area contributed by atoms with Crippen LogP contribution in [0.5, 0.6) is 0 Å². The first-order chi connectivity index (χ1) is 14.8. The number of imidazole rings is 1. The van der Waals surface area contributed by atoms with Gasteiger partial charge in [-0.2, -0.15) is 0 Å². The average Bonchev–Trinajstić information content (AvgIpc) is 3.19. The summed E-state index contributed by atoms with van der Waals surface area (Å²) in [4.78, 5) is 20.6. The van der Waals surface area contributed by atoms with E-state index in [4.69, 9.17) is 0 Å². The highest BCUT2D eigenvalue weighted by atomic mass is 32.2. The Morgan fingerprint density at radius 1 is 1.16 bits per heavy atom. The SMILES string of the molecule is CN(C1CCN(C(=O)c2ccccc2SCc2cn3ccccc3n2)CC1)S(C)(=O)=O. The standard InChI is InChI=1S/C22H26N4O3S2/c1-24(31(2,28)29)18-10-13-25(14-11-18)22(27)19-7-3-4-8-20(19)30-16-17-15-26-12-6-5-9-21(26)23-17/h3-9,12,15,18H,10-11,13-14,16H2,1-2H3. The van der Waals surface area contributed by atoms with Crippen molar-refractivity contribution in [1.29, 1.82) is 0 Å². The molecule has 0 spiro atoms. The van der Waals surface area contributed by atoms with Gasteiger partial charge in [-0.3, -0.25) is 4.79 Å². The molecule has 0 saturated carbocycles. The number of hydrogen-bond acceptors (Lipinski definition) is 5. The van der Waals surface area contributed by atoms with Crippen LogP contribution in [0.3, 0.4) is 0 Å². The molecule has 0 bridgehead atoms. The summed E-state index contributed by atoms with van der Waals surface area (Å²) in [6, 6.07) is 13.5. The molecule has 0 atom stereocenters. The summed E-state index contributed by atoms with van der Waals surface area (Å²) in [6.45, 7) is 1.10. The maximum Gasteiger partial charge on any atom is 0.254 e. The molecule has 1 saturated heterocycles. The van der Waals surface area contributed by atoms with Crippen LogP contribution >= 0.6 is 11.8 Å². The Hall–Kier alpha value is -2.36. The molecule has 0 unspecified atom stereocenters. The van der Waals surface area contributed by atoms with Crippen molar-refractivity contribution in [3.8, 4) is 0 Å². The summed E-state index contributed by atoms with van der Waals surface area (Å²) in [7, 11) is -1.61. The highest BCUT2D eigenvalue weighted by molar-refractivity contribution is 7.98. The van der Waals surface area contributed by atoms with E-state index in [1.807, 2.05) is 64.2 Å². The summed E-state index contributed by atoms with van der Waals surface area (Å²) in [5.41, 5.74) is 2.55. The highest BCUT2D eigenvalue weighted by Crippen LogP contribution is 2.28. The van der Waals surface area contributed by atoms with E-state index < -0.39 is 10.0 Å². The van der Waals surface area contributed by atoms with Crippen molar-refractivity contribution in [1.82, 2.24) is 18.6 Å². The second kappa shape index (κ2) is 9.02. The van der Waals surface area contributed by atoms with E-state index in [0.29, 0.717) is 37.2 Å². The van der Waals surface area contributed by atoms with Gasteiger partial charge in [0.2, 0.25) is 10.0 Å². The van der Waals surface area contributed by atoms with Crippen LogP contribution in [0.2, 0.25) is 0 Å². The van der Waals surface area contributed by atoms with Gasteiger partial charge in [-0.1, -0.05) is 18.2 Å². The van der Waals surface area contributed by atoms with Gasteiger partial charge >= 0.3 is 0 Å². The topological polar surface area (TPSA) is 75.0 Å². The molecule has 1 fully saturated rings. The van der Waals surface area contributed by atoms with Gasteiger partial charge in [-0.15, -0.1) is 11.8 Å². The smallest absolute Gasteiger partial charge is 0.254 e. The number of amides is 1. The second-order valence-electron chi connectivity index (χ2n) is 7.79. The molecule has 4 rings (SSSR count). The Morgan fingerprint density at radius 2 is 1.87 bits per heavy atom. The van der Waals surface area contributed by atoms with Crippen LogP contribution in [-0.4, -0.2) is 65.3 Å². The fraction of sp³-hybridized carbons (Fsp3) is 0.364. The molecule has 1 aliphatic heterocycles. The minimum Gasteiger partial charge on any atom is -0.338 e. The highest BCUT2D eigenvalue weighted by Gasteiger charge is 2.30. The van der Waals surface area contributed by atoms with Crippen LogP contribution in [0.15, 0.2) is 59.8 Å². The Labute approximate surface area is 187 Å². The number of sulfonamides is 1. The van der Waals surface area contributed by atoms with Gasteiger partial charge in [-0.25, -0.2) is 17.7 Å². The lowest BCUT2D eigenvalue weighted by atomic mass is 10.0. The molecule has 3 aromatic rings. The third kappa shape index (κ3) is 4.94. The number of nitrogens with zero attached hydrogens (tertiary/aromatic N) is 4. The van der Waals surface area contributed by atoms with Crippen LogP contribution in [0.25, 0.3) is 5.65 Å². The van der Waals surface area contributed by atoms with Crippen LogP contribution in [-0.2, 0) is 15.8 Å². The monoisotopic (exact) mass is 458 g/mol. The van der Waals surface area contributed by atoms with Crippen molar-refractivity contribution < 1.29 is 13.2 Å². The number of rotatable bonds is 6. The second-order valence-corrected chi connectivity index (χ2v) is 10.8. The predicted octanol–water partition coefficient (Wildman–Crippen LogP) is 3.12. The van der Waals surface area contributed by atoms with Gasteiger partial charge < -0.3 is 9.30 Å². The molecule has 0 aliphatic carbocycles. The minimum atomic E-state index is -3.22. The Kier molecular flexibility index (Phi) is 6.36. The zero-order valence-corrected chi connectivity index (χ0v) is 19.3. The third-order valence-corrected chi connectivity index (χ3v) is 8.15. The lowest BCUT2D eigenvalue weighted by Gasteiger charge is -2.35. The molecule has 3 heterocycles. The quantitative estimate of drug-likeness (QED) is 0.531. The van der Waals surface area contributed by atoms with E-state index in [2.05, 4.69) is 4.98 Å². The maximum absolute atomic E-state index is 13.2. The first kappa shape index (κ1) is 21.9. The molecule has 0 N–H and O–H groups in total. The third-order valence-electron chi connectivity index (χ3n) is 5.70. The van der Waals surface area contributed by atoms with Gasteiger partial charge in [0, 0.05) is 49.2 Å². The fourth-order valence-corrected chi connectivity index (χ4v) is 5.53. The van der Waals surface area contributed by atoms with E-state index in [0.717, 1.165) is 16.2 Å². The molecule has 1 aromatic carbocycles. The molecule has 31 heavy (non-hydrogen) atoms. The first-order valence-corrected chi connectivity index (χ1v) is 13.0. The molecule has 0 radical (unpaired) electrons. The van der Waals surface area contributed by atoms with E-state index in [-0.39, 0.29) is 11.9 Å². The number of benzene rings is 1. The first-order valence-electron chi connectivity index (χ1n) is 10.2. The summed E-state index contributed by atoms with van der Waals surface area (Å²) in [5, 5.41) is 0. The van der Waals surface area contributed by atoms with E-state index in [9.17, 15) is 13.2 Å². The number of fused-ring (bicyclic) bond motifs is 1. The van der Waals surface area contributed by atoms with Crippen LogP contribution in [0.4, 0.5) is 0 Å². The largest absolute Gasteiger partial charge is 0.338 e. The van der Waals surface area contributed by atoms with Gasteiger partial charge in [0.15, 0.2) is 0 Å². The molecular weight excluding hydrogens is 432 g/mol. The van der Waals surface area contributed by atoms with Crippen molar-refractivity contribution in [2.24, 2.45) is 0 Å². The summed E-state index contributed by atoms with van der Waals surface area (Å²) < 4.78 is 27.0. The number of likely N-dealkylation sites (tertiary alicyclic amines) is 1. The van der Waals surface area contributed by atoms with Crippen molar-refractivity contribution in [2.45, 2.75) is 29.5 Å². The average molecular weight is 459 g/mol. The maximum atomic E-state index is 13.2. The normalized spacial score (nSPS) is 15.6. The van der Waals surface area contributed by atoms with Crippen molar-refractivity contribution >= 4 is 33.3 Å². The summed E-state index contributed by atoms with van der Waals surface area (Å²) in [6.07, 6.45) is 6.49. The number of hydrogen-bond donors (Lipinski definition) is 0. The van der Waals surface area contributed by atoms with Crippen molar-refractivity contribution in [2.75, 3.05) is 26.4 Å². The molecule has 1 aliphatic rings. The number of pyridine rings is 1. The van der Waals surface area contributed by atoms with Crippen molar-refractivity contribution in [3.05, 3.63) is 66.1 Å². The lowest BCUT2D eigenvalue weighted by molar-refractivity contribution is 0.0683. The number of aromatic nitrogens is 2. The molecule has 2 aromatic heterocycles. The van der Waals surface area contributed by atoms with Gasteiger partial charge in [-0.05, 0) is 37.1 Å². The Balaban J connectivity index is 1.42. The molecule has 9 heteroatoms. The van der Waals surface area contributed by atoms with E-state index >= 15 is 0 Å². The van der Waals surface area contributed by atoms with E-state index in [1.165, 1.54) is 10.6 Å². The molecule has 7 nitrogen and oxygen atoms in total. The van der Waals surface area contributed by atoms with Crippen molar-refractivity contribution in [3.63, 3.8) is 0 Å². The minimum absolute atomic E-state index is 0.00133. The van der Waals surface area contributed by atoms with Gasteiger partial charge in [0.1, 0.15) is 5.65 Å². The molecule has 1 amide bonds. The lowest BCUT2D eigenvalue weighted by Crippen LogP contribution is -2.47. The Morgan fingerprint density at radius 3 is 2.58 bits per heavy atom. The predicted molar refractivity (Wildman–Crippen MR) is 123 cm³/mol. The molecule has 164 valence electrons. The van der Waals surface area contributed by atoms with Crippen LogP contribution in [0.1, 0.15) is 28.9 Å². The van der Waals surface area contributed by atoms with Gasteiger partial charge in [0.25, 0.3) is 5.91 Å². The molecular formula is C22H26N4O3S2. The zero-order chi connectivity index (χ0) is 22.0. The summed E-state index contributed by atoms with van der Waals surface area (Å²) in [5.74, 6) is 0.672. The number of carbonyl (C=O) groups excluding carboxylic acids is 1. The number of carbonyl (C=O) groups is 1. The number of thioether (sulfide) groups is 1. The fourth-order valence-electron chi connectivity index (χ4n) is 3.85. The Bertz CT molecular complexity index is 1150.